The number of aromatic nitrogens is 2. The molecule has 3 nitrogen and oxygen atoms in total. The number of fused-ring (bicyclic) bond motifs is 6. The summed E-state index contributed by atoms with van der Waals surface area (Å²) in [5.74, 6) is 0.451. The minimum absolute atomic E-state index is 0.150. The number of rotatable bonds is 2. The second kappa shape index (κ2) is 6.77. The van der Waals surface area contributed by atoms with Crippen molar-refractivity contribution in [3.8, 4) is 22.4 Å². The SMILES string of the molecule is Cc1cc(-c2c(C)ccc3c2oc2nc4c(cc23)-c2ccccc2C4(C)C)ncc1C(C)C. The van der Waals surface area contributed by atoms with Crippen molar-refractivity contribution >= 4 is 22.1 Å². The van der Waals surface area contributed by atoms with Gasteiger partial charge < -0.3 is 4.42 Å². The van der Waals surface area contributed by atoms with Gasteiger partial charge in [0.05, 0.1) is 11.4 Å². The topological polar surface area (TPSA) is 38.9 Å². The molecule has 0 spiro atoms. The molecule has 3 heterocycles. The van der Waals surface area contributed by atoms with Gasteiger partial charge in [-0.2, -0.15) is 0 Å². The molecule has 164 valence electrons. The molecule has 3 aromatic heterocycles. The third-order valence-corrected chi connectivity index (χ3v) is 7.35. The van der Waals surface area contributed by atoms with Gasteiger partial charge in [-0.05, 0) is 59.7 Å². The van der Waals surface area contributed by atoms with Crippen LogP contribution in [-0.4, -0.2) is 9.97 Å². The molecule has 0 amide bonds. The number of furan rings is 1. The molecule has 1 aliphatic rings. The van der Waals surface area contributed by atoms with E-state index in [1.807, 2.05) is 6.20 Å². The summed E-state index contributed by atoms with van der Waals surface area (Å²) in [7, 11) is 0. The normalized spacial score (nSPS) is 14.3. The lowest BCUT2D eigenvalue weighted by Crippen LogP contribution is -2.16. The monoisotopic (exact) mass is 432 g/mol. The van der Waals surface area contributed by atoms with E-state index >= 15 is 0 Å². The first-order valence-corrected chi connectivity index (χ1v) is 11.7. The maximum Gasteiger partial charge on any atom is 0.227 e. The van der Waals surface area contributed by atoms with Crippen LogP contribution < -0.4 is 0 Å². The van der Waals surface area contributed by atoms with Crippen molar-refractivity contribution in [1.82, 2.24) is 9.97 Å². The van der Waals surface area contributed by atoms with Crippen LogP contribution in [0.15, 0.2) is 59.1 Å². The van der Waals surface area contributed by atoms with Gasteiger partial charge in [0.1, 0.15) is 5.58 Å². The fraction of sp³-hybridized carbons (Fsp3) is 0.267. The van der Waals surface area contributed by atoms with Crippen LogP contribution in [0.4, 0.5) is 0 Å². The van der Waals surface area contributed by atoms with Gasteiger partial charge in [0.2, 0.25) is 5.71 Å². The Kier molecular flexibility index (Phi) is 4.14. The smallest absolute Gasteiger partial charge is 0.227 e. The summed E-state index contributed by atoms with van der Waals surface area (Å²) in [5.41, 5.74) is 12.0. The van der Waals surface area contributed by atoms with E-state index in [0.29, 0.717) is 11.6 Å². The van der Waals surface area contributed by atoms with Gasteiger partial charge in [-0.3, -0.25) is 4.98 Å². The summed E-state index contributed by atoms with van der Waals surface area (Å²) < 4.78 is 6.50. The third-order valence-electron chi connectivity index (χ3n) is 7.35. The highest BCUT2D eigenvalue weighted by molar-refractivity contribution is 6.10. The Morgan fingerprint density at radius 2 is 1.67 bits per heavy atom. The lowest BCUT2D eigenvalue weighted by atomic mass is 9.85. The predicted molar refractivity (Wildman–Crippen MR) is 136 cm³/mol. The summed E-state index contributed by atoms with van der Waals surface area (Å²) in [6.45, 7) is 13.2. The highest BCUT2D eigenvalue weighted by atomic mass is 16.3. The summed E-state index contributed by atoms with van der Waals surface area (Å²) in [5, 5.41) is 2.16. The number of hydrogen-bond donors (Lipinski definition) is 0. The molecule has 0 aliphatic heterocycles. The molecule has 1 aliphatic carbocycles. The van der Waals surface area contributed by atoms with E-state index in [4.69, 9.17) is 14.4 Å². The van der Waals surface area contributed by atoms with Crippen LogP contribution in [0.3, 0.4) is 0 Å². The minimum Gasteiger partial charge on any atom is -0.437 e. The van der Waals surface area contributed by atoms with Crippen LogP contribution in [0.5, 0.6) is 0 Å². The van der Waals surface area contributed by atoms with Gasteiger partial charge in [0.15, 0.2) is 0 Å². The second-order valence-electron chi connectivity index (χ2n) is 10.2. The Morgan fingerprint density at radius 1 is 0.879 bits per heavy atom. The Balaban J connectivity index is 1.63. The van der Waals surface area contributed by atoms with E-state index in [1.54, 1.807) is 0 Å². The lowest BCUT2D eigenvalue weighted by molar-refractivity contribution is 0.615. The van der Waals surface area contributed by atoms with Crippen molar-refractivity contribution in [3.05, 3.63) is 82.7 Å². The van der Waals surface area contributed by atoms with Gasteiger partial charge in [0.25, 0.3) is 0 Å². The number of benzene rings is 2. The van der Waals surface area contributed by atoms with E-state index < -0.39 is 0 Å². The van der Waals surface area contributed by atoms with Crippen LogP contribution in [-0.2, 0) is 5.41 Å². The van der Waals surface area contributed by atoms with Crippen LogP contribution in [0.1, 0.15) is 61.6 Å². The van der Waals surface area contributed by atoms with Crippen molar-refractivity contribution in [3.63, 3.8) is 0 Å². The molecule has 0 radical (unpaired) electrons. The Bertz CT molecular complexity index is 1590. The highest BCUT2D eigenvalue weighted by Crippen LogP contribution is 2.49. The van der Waals surface area contributed by atoms with E-state index in [0.717, 1.165) is 38.9 Å². The zero-order valence-electron chi connectivity index (χ0n) is 20.1. The molecular weight excluding hydrogens is 404 g/mol. The van der Waals surface area contributed by atoms with Gasteiger partial charge in [-0.25, -0.2) is 4.98 Å². The molecule has 5 aromatic rings. The summed E-state index contributed by atoms with van der Waals surface area (Å²) in [6, 6.07) is 17.4. The fourth-order valence-electron chi connectivity index (χ4n) is 5.56. The molecule has 0 saturated carbocycles. The van der Waals surface area contributed by atoms with Crippen LogP contribution >= 0.6 is 0 Å². The van der Waals surface area contributed by atoms with Crippen molar-refractivity contribution in [2.75, 3.05) is 0 Å². The summed E-state index contributed by atoms with van der Waals surface area (Å²) >= 11 is 0. The second-order valence-corrected chi connectivity index (χ2v) is 10.2. The van der Waals surface area contributed by atoms with E-state index in [1.165, 1.54) is 27.8 Å². The van der Waals surface area contributed by atoms with Gasteiger partial charge >= 0.3 is 0 Å². The molecule has 0 bridgehead atoms. The summed E-state index contributed by atoms with van der Waals surface area (Å²) in [4.78, 5) is 9.94. The number of pyridine rings is 2. The first kappa shape index (κ1) is 20.2. The number of aryl methyl sites for hydroxylation is 2. The maximum atomic E-state index is 6.50. The average Bonchev–Trinajstić information content (AvgIpc) is 3.25. The number of hydrogen-bond acceptors (Lipinski definition) is 3. The molecular formula is C30H28N2O. The van der Waals surface area contributed by atoms with Gasteiger partial charge in [0, 0.05) is 33.5 Å². The third kappa shape index (κ3) is 2.75. The standard InChI is InChI=1S/C30H28N2O/c1-16(2)23-15-31-25(13-18(23)4)26-17(3)11-12-20-22-14-21-19-9-7-8-10-24(19)30(5,6)28(21)32-29(22)33-27(20)26/h7-16H,1-6H3. The Labute approximate surface area is 194 Å². The first-order valence-electron chi connectivity index (χ1n) is 11.7. The van der Waals surface area contributed by atoms with Crippen molar-refractivity contribution in [2.45, 2.75) is 52.9 Å². The van der Waals surface area contributed by atoms with Gasteiger partial charge in [-0.1, -0.05) is 64.1 Å². The van der Waals surface area contributed by atoms with Crippen molar-refractivity contribution < 1.29 is 4.42 Å². The fourth-order valence-corrected chi connectivity index (χ4v) is 5.56. The maximum absolute atomic E-state index is 6.50. The zero-order valence-corrected chi connectivity index (χ0v) is 20.1. The van der Waals surface area contributed by atoms with Gasteiger partial charge in [-0.15, -0.1) is 0 Å². The van der Waals surface area contributed by atoms with E-state index in [-0.39, 0.29) is 5.41 Å². The van der Waals surface area contributed by atoms with E-state index in [9.17, 15) is 0 Å². The quantitative estimate of drug-likeness (QED) is 0.283. The van der Waals surface area contributed by atoms with Crippen LogP contribution in [0.2, 0.25) is 0 Å². The first-order chi connectivity index (χ1) is 15.8. The molecule has 3 heteroatoms. The summed E-state index contributed by atoms with van der Waals surface area (Å²) in [6.07, 6.45) is 2.02. The minimum atomic E-state index is -0.150. The van der Waals surface area contributed by atoms with Crippen LogP contribution in [0.25, 0.3) is 44.5 Å². The van der Waals surface area contributed by atoms with Crippen molar-refractivity contribution in [2.24, 2.45) is 0 Å². The number of nitrogens with zero attached hydrogens (tertiary/aromatic N) is 2. The molecule has 0 atom stereocenters. The molecule has 0 saturated heterocycles. The Hall–Kier alpha value is -3.46. The van der Waals surface area contributed by atoms with Crippen LogP contribution in [0, 0.1) is 13.8 Å². The molecule has 2 aromatic carbocycles. The Morgan fingerprint density at radius 3 is 2.42 bits per heavy atom. The molecule has 0 unspecified atom stereocenters. The average molecular weight is 433 g/mol. The van der Waals surface area contributed by atoms with Crippen molar-refractivity contribution in [1.29, 1.82) is 0 Å². The zero-order chi connectivity index (χ0) is 23.1. The largest absolute Gasteiger partial charge is 0.437 e. The molecule has 0 fully saturated rings. The van der Waals surface area contributed by atoms with E-state index in [2.05, 4.69) is 90.1 Å². The molecule has 0 N–H and O–H groups in total. The molecule has 6 rings (SSSR count). The lowest BCUT2D eigenvalue weighted by Gasteiger charge is -2.19. The predicted octanol–water partition coefficient (Wildman–Crippen LogP) is 8.09. The molecule has 33 heavy (non-hydrogen) atoms. The highest BCUT2D eigenvalue weighted by Gasteiger charge is 2.37.